The highest BCUT2D eigenvalue weighted by Gasteiger charge is 2.20. The van der Waals surface area contributed by atoms with Crippen LogP contribution in [-0.4, -0.2) is 56.1 Å². The van der Waals surface area contributed by atoms with Gasteiger partial charge in [-0.25, -0.2) is 4.98 Å². The van der Waals surface area contributed by atoms with E-state index in [0.29, 0.717) is 18.3 Å². The Morgan fingerprint density at radius 2 is 1.97 bits per heavy atom. The molecule has 8 nitrogen and oxygen atoms in total. The van der Waals surface area contributed by atoms with E-state index < -0.39 is 0 Å². The van der Waals surface area contributed by atoms with E-state index in [2.05, 4.69) is 49.9 Å². The molecule has 2 aromatic heterocycles. The minimum Gasteiger partial charge on any atom is -0.459 e. The maximum Gasteiger partial charge on any atom is 0.287 e. The molecule has 0 saturated carbocycles. The maximum absolute atomic E-state index is 12.0. The summed E-state index contributed by atoms with van der Waals surface area (Å²) in [5.41, 5.74) is 2.03. The molecule has 0 spiro atoms. The van der Waals surface area contributed by atoms with E-state index in [9.17, 15) is 4.79 Å². The Bertz CT molecular complexity index is 838. The summed E-state index contributed by atoms with van der Waals surface area (Å²) in [5.74, 6) is 2.06. The Morgan fingerprint density at radius 3 is 2.60 bits per heavy atom. The van der Waals surface area contributed by atoms with Crippen molar-refractivity contribution in [3.63, 3.8) is 0 Å². The lowest BCUT2D eigenvalue weighted by atomic mass is 10.1. The largest absolute Gasteiger partial charge is 0.459 e. The number of guanidine groups is 1. The van der Waals surface area contributed by atoms with Crippen LogP contribution in [0.3, 0.4) is 0 Å². The number of rotatable bonds is 7. The zero-order valence-corrected chi connectivity index (χ0v) is 18.1. The molecule has 0 aliphatic carbocycles. The molecule has 1 fully saturated rings. The molecule has 1 amide bonds. The van der Waals surface area contributed by atoms with Gasteiger partial charge in [0.05, 0.1) is 6.26 Å². The second kappa shape index (κ2) is 10.7. The van der Waals surface area contributed by atoms with Crippen molar-refractivity contribution in [2.75, 3.05) is 38.1 Å². The van der Waals surface area contributed by atoms with E-state index >= 15 is 0 Å². The van der Waals surface area contributed by atoms with Crippen molar-refractivity contribution in [3.8, 4) is 0 Å². The van der Waals surface area contributed by atoms with Gasteiger partial charge in [-0.3, -0.25) is 9.79 Å². The number of carbonyl (C=O) groups is 1. The third kappa shape index (κ3) is 5.98. The molecule has 0 unspecified atom stereocenters. The smallest absolute Gasteiger partial charge is 0.287 e. The lowest BCUT2D eigenvalue weighted by Gasteiger charge is -2.33. The van der Waals surface area contributed by atoms with Gasteiger partial charge in [0.1, 0.15) is 5.82 Å². The number of carbonyl (C=O) groups excluding carboxylic acids is 1. The number of aromatic nitrogens is 1. The highest BCUT2D eigenvalue weighted by molar-refractivity contribution is 5.92. The first-order valence-electron chi connectivity index (χ1n) is 10.5. The minimum absolute atomic E-state index is 0.171. The van der Waals surface area contributed by atoms with Gasteiger partial charge in [-0.1, -0.05) is 6.07 Å². The molecule has 1 aliphatic heterocycles. The van der Waals surface area contributed by atoms with Crippen molar-refractivity contribution >= 4 is 17.7 Å². The summed E-state index contributed by atoms with van der Waals surface area (Å²) in [4.78, 5) is 23.2. The Balaban J connectivity index is 1.33. The van der Waals surface area contributed by atoms with E-state index in [1.165, 1.54) is 11.8 Å². The van der Waals surface area contributed by atoms with Crippen molar-refractivity contribution in [1.29, 1.82) is 0 Å². The van der Waals surface area contributed by atoms with Crippen LogP contribution >= 0.6 is 0 Å². The molecule has 8 heteroatoms. The van der Waals surface area contributed by atoms with Gasteiger partial charge in [0, 0.05) is 51.0 Å². The normalized spacial score (nSPS) is 15.2. The highest BCUT2D eigenvalue weighted by Crippen LogP contribution is 2.18. The van der Waals surface area contributed by atoms with Crippen LogP contribution in [-0.2, 0) is 0 Å². The van der Waals surface area contributed by atoms with Crippen LogP contribution in [0.4, 0.5) is 5.82 Å². The number of piperidine rings is 1. The van der Waals surface area contributed by atoms with Crippen LogP contribution in [0.1, 0.15) is 40.9 Å². The van der Waals surface area contributed by atoms with Gasteiger partial charge in [0.25, 0.3) is 5.91 Å². The number of pyridine rings is 1. The van der Waals surface area contributed by atoms with Gasteiger partial charge in [0.2, 0.25) is 0 Å². The van der Waals surface area contributed by atoms with Crippen molar-refractivity contribution in [3.05, 3.63) is 47.5 Å². The Morgan fingerprint density at radius 1 is 1.20 bits per heavy atom. The molecule has 1 aliphatic rings. The standard InChI is InChI=1S/C22H32N6O2/c1-16-5-6-19(26-15-16)28-12-7-18(8-13-28)27-22(23-3)25-11-4-10-24-21(29)20-17(2)9-14-30-20/h5-6,9,14-15,18H,4,7-8,10-13H2,1-3H3,(H,24,29)(H2,23,25,27). The van der Waals surface area contributed by atoms with Crippen molar-refractivity contribution in [2.45, 2.75) is 39.2 Å². The summed E-state index contributed by atoms with van der Waals surface area (Å²) < 4.78 is 5.20. The monoisotopic (exact) mass is 412 g/mol. The number of aliphatic imine (C=N–C) groups is 1. The zero-order valence-electron chi connectivity index (χ0n) is 18.1. The zero-order chi connectivity index (χ0) is 21.3. The second-order valence-electron chi connectivity index (χ2n) is 7.64. The van der Waals surface area contributed by atoms with Gasteiger partial charge in [-0.05, 0) is 50.8 Å². The molecule has 0 bridgehead atoms. The molecule has 30 heavy (non-hydrogen) atoms. The van der Waals surface area contributed by atoms with Crippen molar-refractivity contribution in [1.82, 2.24) is 20.9 Å². The van der Waals surface area contributed by atoms with Gasteiger partial charge < -0.3 is 25.3 Å². The first kappa shape index (κ1) is 21.7. The topological polar surface area (TPSA) is 94.8 Å². The highest BCUT2D eigenvalue weighted by atomic mass is 16.3. The second-order valence-corrected chi connectivity index (χ2v) is 7.64. The van der Waals surface area contributed by atoms with E-state index in [0.717, 1.165) is 56.2 Å². The van der Waals surface area contributed by atoms with Gasteiger partial charge in [-0.2, -0.15) is 0 Å². The molecule has 3 heterocycles. The van der Waals surface area contributed by atoms with E-state index in [4.69, 9.17) is 4.42 Å². The van der Waals surface area contributed by atoms with Crippen LogP contribution in [0, 0.1) is 13.8 Å². The molecular formula is C22H32N6O2. The molecule has 162 valence electrons. The summed E-state index contributed by atoms with van der Waals surface area (Å²) in [6.45, 7) is 7.16. The van der Waals surface area contributed by atoms with Gasteiger partial charge >= 0.3 is 0 Å². The fourth-order valence-electron chi connectivity index (χ4n) is 3.47. The number of hydrogen-bond donors (Lipinski definition) is 3. The quantitative estimate of drug-likeness (QED) is 0.367. The molecule has 0 aromatic carbocycles. The van der Waals surface area contributed by atoms with Crippen LogP contribution in [0.25, 0.3) is 0 Å². The summed E-state index contributed by atoms with van der Waals surface area (Å²) in [5, 5.41) is 9.71. The molecule has 3 rings (SSSR count). The number of hydrogen-bond acceptors (Lipinski definition) is 5. The number of anilines is 1. The molecule has 3 N–H and O–H groups in total. The third-order valence-electron chi connectivity index (χ3n) is 5.28. The van der Waals surface area contributed by atoms with Crippen LogP contribution in [0.5, 0.6) is 0 Å². The lowest BCUT2D eigenvalue weighted by Crippen LogP contribution is -2.49. The summed E-state index contributed by atoms with van der Waals surface area (Å²) in [6.07, 6.45) is 6.32. The minimum atomic E-state index is -0.171. The van der Waals surface area contributed by atoms with Crippen LogP contribution in [0.15, 0.2) is 40.1 Å². The Labute approximate surface area is 178 Å². The van der Waals surface area contributed by atoms with E-state index in [1.807, 2.05) is 13.1 Å². The summed E-state index contributed by atoms with van der Waals surface area (Å²) in [6, 6.07) is 6.37. The Kier molecular flexibility index (Phi) is 7.70. The first-order valence-corrected chi connectivity index (χ1v) is 10.5. The molecule has 2 aromatic rings. The van der Waals surface area contributed by atoms with Gasteiger partial charge in [0.15, 0.2) is 11.7 Å². The number of furan rings is 1. The lowest BCUT2D eigenvalue weighted by molar-refractivity contribution is 0.0925. The molecule has 0 atom stereocenters. The fraction of sp³-hybridized carbons (Fsp3) is 0.500. The van der Waals surface area contributed by atoms with Crippen LogP contribution < -0.4 is 20.9 Å². The van der Waals surface area contributed by atoms with Crippen molar-refractivity contribution < 1.29 is 9.21 Å². The predicted molar refractivity (Wildman–Crippen MR) is 119 cm³/mol. The van der Waals surface area contributed by atoms with E-state index in [1.54, 1.807) is 13.1 Å². The number of nitrogens with one attached hydrogen (secondary N) is 3. The Hall–Kier alpha value is -3.03. The summed E-state index contributed by atoms with van der Waals surface area (Å²) >= 11 is 0. The predicted octanol–water partition coefficient (Wildman–Crippen LogP) is 2.25. The SMILES string of the molecule is CN=C(NCCCNC(=O)c1occc1C)NC1CCN(c2ccc(C)cn2)CC1. The number of aryl methyl sites for hydroxylation is 2. The fourth-order valence-corrected chi connectivity index (χ4v) is 3.47. The average Bonchev–Trinajstić information content (AvgIpc) is 3.19. The van der Waals surface area contributed by atoms with E-state index in [-0.39, 0.29) is 5.91 Å². The maximum atomic E-state index is 12.0. The van der Waals surface area contributed by atoms with Crippen LogP contribution in [0.2, 0.25) is 0 Å². The number of nitrogens with zero attached hydrogens (tertiary/aromatic N) is 3. The van der Waals surface area contributed by atoms with Crippen molar-refractivity contribution in [2.24, 2.45) is 4.99 Å². The van der Waals surface area contributed by atoms with Gasteiger partial charge in [-0.15, -0.1) is 0 Å². The molecule has 1 saturated heterocycles. The average molecular weight is 413 g/mol. The third-order valence-corrected chi connectivity index (χ3v) is 5.28. The molecule has 0 radical (unpaired) electrons. The first-order chi connectivity index (χ1) is 14.6. The number of amides is 1. The molecular weight excluding hydrogens is 380 g/mol. The summed E-state index contributed by atoms with van der Waals surface area (Å²) in [7, 11) is 1.78.